The molecule has 29 heavy (non-hydrogen) atoms. The van der Waals surface area contributed by atoms with Crippen LogP contribution in [0.4, 0.5) is 23.7 Å². The number of alkyl halides is 3. The molecule has 0 unspecified atom stereocenters. The third-order valence-corrected chi connectivity index (χ3v) is 5.72. The summed E-state index contributed by atoms with van der Waals surface area (Å²) < 4.78 is 38.3. The second kappa shape index (κ2) is 8.06. The lowest BCUT2D eigenvalue weighted by Crippen LogP contribution is -2.49. The summed E-state index contributed by atoms with van der Waals surface area (Å²) in [5.74, 6) is 0. The zero-order valence-electron chi connectivity index (χ0n) is 16.1. The van der Waals surface area contributed by atoms with Crippen LogP contribution in [0, 0.1) is 0 Å². The second-order valence-corrected chi connectivity index (χ2v) is 7.69. The highest BCUT2D eigenvalue weighted by molar-refractivity contribution is 5.94. The molecule has 7 heteroatoms. The maximum absolute atomic E-state index is 13.0. The van der Waals surface area contributed by atoms with Crippen molar-refractivity contribution in [3.63, 3.8) is 0 Å². The van der Waals surface area contributed by atoms with Crippen LogP contribution in [0.5, 0.6) is 0 Å². The van der Waals surface area contributed by atoms with E-state index in [-0.39, 0.29) is 12.1 Å². The maximum atomic E-state index is 13.0. The van der Waals surface area contributed by atoms with E-state index in [4.69, 9.17) is 0 Å². The summed E-state index contributed by atoms with van der Waals surface area (Å²) in [6, 6.07) is 15.1. The van der Waals surface area contributed by atoms with E-state index >= 15 is 0 Å². The van der Waals surface area contributed by atoms with E-state index < -0.39 is 11.7 Å². The van der Waals surface area contributed by atoms with Crippen LogP contribution >= 0.6 is 0 Å². The van der Waals surface area contributed by atoms with Gasteiger partial charge >= 0.3 is 12.2 Å². The van der Waals surface area contributed by atoms with E-state index in [1.165, 1.54) is 17.7 Å². The second-order valence-electron chi connectivity index (χ2n) is 7.69. The molecule has 2 amide bonds. The van der Waals surface area contributed by atoms with Crippen LogP contribution in [-0.2, 0) is 12.7 Å². The van der Waals surface area contributed by atoms with Crippen molar-refractivity contribution in [1.82, 2.24) is 9.80 Å². The highest BCUT2D eigenvalue weighted by Crippen LogP contribution is 2.32. The minimum absolute atomic E-state index is 0.115. The molecule has 2 aliphatic heterocycles. The van der Waals surface area contributed by atoms with Crippen molar-refractivity contribution in [2.24, 2.45) is 0 Å². The van der Waals surface area contributed by atoms with Gasteiger partial charge in [-0.3, -0.25) is 9.80 Å². The molecule has 2 aromatic rings. The van der Waals surface area contributed by atoms with Crippen molar-refractivity contribution >= 4 is 11.7 Å². The van der Waals surface area contributed by atoms with E-state index in [1.807, 2.05) is 23.1 Å². The minimum atomic E-state index is -4.37. The number of carbonyl (C=O) groups excluding carboxylic acids is 1. The van der Waals surface area contributed by atoms with Crippen LogP contribution < -0.4 is 4.90 Å². The average Bonchev–Trinajstić information content (AvgIpc) is 3.10. The van der Waals surface area contributed by atoms with Crippen LogP contribution in [0.25, 0.3) is 0 Å². The van der Waals surface area contributed by atoms with Gasteiger partial charge in [0.25, 0.3) is 0 Å². The predicted molar refractivity (Wildman–Crippen MR) is 106 cm³/mol. The first-order valence-electron chi connectivity index (χ1n) is 9.93. The zero-order chi connectivity index (χ0) is 20.4. The summed E-state index contributed by atoms with van der Waals surface area (Å²) in [6.45, 7) is 3.79. The summed E-state index contributed by atoms with van der Waals surface area (Å²) in [5, 5.41) is 0. The number of hydrogen-bond donors (Lipinski definition) is 0. The van der Waals surface area contributed by atoms with E-state index in [0.29, 0.717) is 18.8 Å². The Morgan fingerprint density at radius 2 is 1.66 bits per heavy atom. The normalized spacial score (nSPS) is 21.1. The number of piperidine rings is 1. The van der Waals surface area contributed by atoms with Crippen molar-refractivity contribution in [1.29, 1.82) is 0 Å². The van der Waals surface area contributed by atoms with Gasteiger partial charge in [0.1, 0.15) is 0 Å². The van der Waals surface area contributed by atoms with Crippen LogP contribution in [0.3, 0.4) is 0 Å². The molecule has 0 aromatic heterocycles. The summed E-state index contributed by atoms with van der Waals surface area (Å²) in [4.78, 5) is 18.8. The number of carbonyl (C=O) groups is 1. The van der Waals surface area contributed by atoms with Gasteiger partial charge in [0.2, 0.25) is 0 Å². The van der Waals surface area contributed by atoms with Gasteiger partial charge in [0.05, 0.1) is 5.56 Å². The Balaban J connectivity index is 1.40. The van der Waals surface area contributed by atoms with E-state index in [2.05, 4.69) is 17.0 Å². The largest absolute Gasteiger partial charge is 0.416 e. The number of urea groups is 1. The highest BCUT2D eigenvalue weighted by Gasteiger charge is 2.37. The molecular formula is C22H24F3N3O. The number of nitrogens with zero attached hydrogens (tertiary/aromatic N) is 3. The van der Waals surface area contributed by atoms with Crippen molar-refractivity contribution in [2.75, 3.05) is 31.1 Å². The number of halogens is 3. The Morgan fingerprint density at radius 3 is 2.34 bits per heavy atom. The Morgan fingerprint density at radius 1 is 0.931 bits per heavy atom. The lowest BCUT2D eigenvalue weighted by molar-refractivity contribution is -0.137. The molecule has 1 atom stereocenters. The molecule has 0 N–H and O–H groups in total. The number of hydrogen-bond acceptors (Lipinski definition) is 2. The third-order valence-electron chi connectivity index (χ3n) is 5.72. The number of amides is 2. The van der Waals surface area contributed by atoms with E-state index in [0.717, 1.165) is 44.6 Å². The molecule has 2 fully saturated rings. The lowest BCUT2D eigenvalue weighted by Gasteiger charge is -2.37. The third kappa shape index (κ3) is 4.40. The first-order valence-corrected chi connectivity index (χ1v) is 9.93. The van der Waals surface area contributed by atoms with Gasteiger partial charge in [0.15, 0.2) is 0 Å². The van der Waals surface area contributed by atoms with E-state index in [9.17, 15) is 18.0 Å². The fourth-order valence-corrected chi connectivity index (χ4v) is 4.23. The fraction of sp³-hybridized carbons (Fsp3) is 0.409. The van der Waals surface area contributed by atoms with Crippen molar-refractivity contribution in [3.05, 3.63) is 65.7 Å². The zero-order valence-corrected chi connectivity index (χ0v) is 16.1. The minimum Gasteiger partial charge on any atom is -0.318 e. The smallest absolute Gasteiger partial charge is 0.318 e. The van der Waals surface area contributed by atoms with Crippen molar-refractivity contribution in [2.45, 2.75) is 31.6 Å². The molecule has 4 rings (SSSR count). The molecule has 2 aliphatic rings. The van der Waals surface area contributed by atoms with Crippen LogP contribution in [-0.4, -0.2) is 48.1 Å². The Kier molecular flexibility index (Phi) is 5.50. The molecule has 0 saturated carbocycles. The first-order chi connectivity index (χ1) is 13.9. The highest BCUT2D eigenvalue weighted by atomic mass is 19.4. The summed E-state index contributed by atoms with van der Waals surface area (Å²) in [5.41, 5.74) is 1.07. The van der Waals surface area contributed by atoms with Crippen LogP contribution in [0.15, 0.2) is 54.6 Å². The molecule has 2 aromatic carbocycles. The quantitative estimate of drug-likeness (QED) is 0.745. The summed E-state index contributed by atoms with van der Waals surface area (Å²) >= 11 is 0. The molecule has 0 radical (unpaired) electrons. The van der Waals surface area contributed by atoms with Gasteiger partial charge in [-0.05, 0) is 49.2 Å². The van der Waals surface area contributed by atoms with Gasteiger partial charge < -0.3 is 4.90 Å². The predicted octanol–water partition coefficient (Wildman–Crippen LogP) is 4.61. The first kappa shape index (κ1) is 19.8. The van der Waals surface area contributed by atoms with Gasteiger partial charge in [0, 0.05) is 37.9 Å². The fourth-order valence-electron chi connectivity index (χ4n) is 4.23. The average molecular weight is 403 g/mol. The molecule has 2 heterocycles. The Labute approximate surface area is 168 Å². The molecule has 4 nitrogen and oxygen atoms in total. The monoisotopic (exact) mass is 403 g/mol. The summed E-state index contributed by atoms with van der Waals surface area (Å²) in [6.07, 6.45) is -2.39. The SMILES string of the molecule is O=C1N(c2ccc(C(F)(F)F)cc2)CCN1[C@@H]1CCCN(Cc2ccccc2)C1. The van der Waals surface area contributed by atoms with Crippen molar-refractivity contribution < 1.29 is 18.0 Å². The van der Waals surface area contributed by atoms with Gasteiger partial charge in [-0.25, -0.2) is 4.79 Å². The van der Waals surface area contributed by atoms with Gasteiger partial charge in [-0.15, -0.1) is 0 Å². The van der Waals surface area contributed by atoms with Gasteiger partial charge in [-0.1, -0.05) is 30.3 Å². The Bertz CT molecular complexity index is 839. The molecule has 2 saturated heterocycles. The molecule has 0 spiro atoms. The molecule has 0 aliphatic carbocycles. The Hall–Kier alpha value is -2.54. The van der Waals surface area contributed by atoms with Crippen LogP contribution in [0.2, 0.25) is 0 Å². The van der Waals surface area contributed by atoms with Crippen LogP contribution in [0.1, 0.15) is 24.0 Å². The standard InChI is InChI=1S/C22H24F3N3O/c23-22(24,25)18-8-10-19(11-9-18)27-13-14-28(21(27)29)20-7-4-12-26(16-20)15-17-5-2-1-3-6-17/h1-3,5-6,8-11,20H,4,7,12-16H2/t20-/m1/s1. The number of rotatable bonds is 4. The number of anilines is 1. The molecular weight excluding hydrogens is 379 g/mol. The topological polar surface area (TPSA) is 26.8 Å². The van der Waals surface area contributed by atoms with Gasteiger partial charge in [-0.2, -0.15) is 13.2 Å². The number of likely N-dealkylation sites (tertiary alicyclic amines) is 1. The molecule has 0 bridgehead atoms. The lowest BCUT2D eigenvalue weighted by atomic mass is 10.0. The maximum Gasteiger partial charge on any atom is 0.416 e. The molecule has 154 valence electrons. The summed E-state index contributed by atoms with van der Waals surface area (Å²) in [7, 11) is 0. The van der Waals surface area contributed by atoms with Crippen molar-refractivity contribution in [3.8, 4) is 0 Å². The number of benzene rings is 2. The van der Waals surface area contributed by atoms with E-state index in [1.54, 1.807) is 4.90 Å².